The fraction of sp³-hybridized carbons (Fsp3) is 0.500. The Kier molecular flexibility index (Phi) is 10.2. The van der Waals surface area contributed by atoms with Crippen molar-refractivity contribution in [2.75, 3.05) is 18.5 Å². The third-order valence-electron chi connectivity index (χ3n) is 15.0. The first-order chi connectivity index (χ1) is 28.6. The second-order valence-electron chi connectivity index (χ2n) is 18.0. The molecule has 60 heavy (non-hydrogen) atoms. The average Bonchev–Trinajstić information content (AvgIpc) is 3.85. The molecule has 2 aromatic carbocycles. The Morgan fingerprint density at radius 1 is 0.950 bits per heavy atom. The fourth-order valence-electron chi connectivity index (χ4n) is 11.9. The van der Waals surface area contributed by atoms with Crippen LogP contribution >= 0.6 is 11.8 Å². The zero-order chi connectivity index (χ0) is 42.4. The molecule has 0 radical (unpaired) electrons. The van der Waals surface area contributed by atoms with Gasteiger partial charge in [-0.2, -0.15) is 0 Å². The lowest BCUT2D eigenvalue weighted by atomic mass is 9.44. The number of halogens is 2. The van der Waals surface area contributed by atoms with Gasteiger partial charge in [0.25, 0.3) is 11.8 Å². The zero-order valence-electron chi connectivity index (χ0n) is 33.4. The standard InChI is InChI=1S/C46H48F2N2O9S/c1-43-17-16-29(52)19-34(43)35(47)20-33-32-21-38-46(37(54)24-51,44(32,2)22-36(53)45(33,43)48)59-42(58-38)27-10-12-30(13-11-27)60-31-5-3-4-28(18-31)49-41(57)26-8-6-25(7-9-26)23-50-39(55)14-15-40(50)56/h3-5,10-19,25-26,32-33,35-36,38,42,51,53H,6-9,20-24H2,1-2H3,(H,49,57)/t25?,26?,32-,33-,35-,36-,38+,42+,43-,44-,45-,46+/m0/s1. The van der Waals surface area contributed by atoms with E-state index in [4.69, 9.17) is 9.47 Å². The SMILES string of the molecule is C[C@]12C=CC(=O)C=C1[C@@H](F)C[C@H]1[C@@H]3C[C@H]4O[C@@H](c5ccc(Sc6cccc(NC(=O)C7CCC(CN8C(=O)C=CC8=O)CC7)c6)cc5)O[C@@]4(C(=O)CO)[C@@]3(C)C[C@H](O)[C@@]12F. The van der Waals surface area contributed by atoms with Crippen LogP contribution in [-0.4, -0.2) is 87.2 Å². The number of allylic oxidation sites excluding steroid dienone is 4. The van der Waals surface area contributed by atoms with Crippen molar-refractivity contribution in [1.29, 1.82) is 0 Å². The van der Waals surface area contributed by atoms with Crippen LogP contribution in [0.1, 0.15) is 70.6 Å². The van der Waals surface area contributed by atoms with Crippen molar-refractivity contribution >= 4 is 46.7 Å². The van der Waals surface area contributed by atoms with Crippen LogP contribution in [-0.2, 0) is 33.4 Å². The topological polar surface area (TPSA) is 160 Å². The van der Waals surface area contributed by atoms with E-state index in [0.717, 1.165) is 28.7 Å². The summed E-state index contributed by atoms with van der Waals surface area (Å²) in [6.07, 6.45) is 3.66. The molecule has 11 nitrogen and oxygen atoms in total. The van der Waals surface area contributed by atoms with Crippen LogP contribution in [0.4, 0.5) is 14.5 Å². The number of rotatable bonds is 9. The van der Waals surface area contributed by atoms with Gasteiger partial charge in [0.05, 0.1) is 12.2 Å². The smallest absolute Gasteiger partial charge is 0.253 e. The molecule has 3 amide bonds. The highest BCUT2D eigenvalue weighted by Gasteiger charge is 2.80. The molecule has 10 atom stereocenters. The maximum absolute atomic E-state index is 17.7. The number of imide groups is 1. The Balaban J connectivity index is 0.860. The predicted octanol–water partition coefficient (Wildman–Crippen LogP) is 6.15. The van der Waals surface area contributed by atoms with Crippen LogP contribution in [0.5, 0.6) is 0 Å². The molecule has 5 fully saturated rings. The molecule has 2 aliphatic heterocycles. The summed E-state index contributed by atoms with van der Waals surface area (Å²) >= 11 is 1.48. The number of Topliss-reactive ketones (excluding diaryl/α,β-unsaturated/α-hetero) is 1. The van der Waals surface area contributed by atoms with Gasteiger partial charge >= 0.3 is 0 Å². The molecule has 316 valence electrons. The van der Waals surface area contributed by atoms with Gasteiger partial charge in [-0.15, -0.1) is 0 Å². The van der Waals surface area contributed by atoms with Crippen LogP contribution in [0.25, 0.3) is 0 Å². The maximum atomic E-state index is 17.7. The summed E-state index contributed by atoms with van der Waals surface area (Å²) in [5.41, 5.74) is -5.56. The second-order valence-corrected chi connectivity index (χ2v) is 19.2. The Morgan fingerprint density at radius 3 is 2.37 bits per heavy atom. The normalized spacial score (nSPS) is 39.2. The molecular weight excluding hydrogens is 795 g/mol. The van der Waals surface area contributed by atoms with Gasteiger partial charge in [-0.1, -0.05) is 43.0 Å². The van der Waals surface area contributed by atoms with Gasteiger partial charge in [0, 0.05) is 62.4 Å². The summed E-state index contributed by atoms with van der Waals surface area (Å²) in [6.45, 7) is 2.79. The lowest BCUT2D eigenvalue weighted by Crippen LogP contribution is -2.70. The number of carbonyl (C=O) groups excluding carboxylic acids is 5. The van der Waals surface area contributed by atoms with E-state index in [2.05, 4.69) is 5.32 Å². The number of amides is 3. The number of benzene rings is 2. The maximum Gasteiger partial charge on any atom is 0.253 e. The third kappa shape index (κ3) is 6.22. The lowest BCUT2D eigenvalue weighted by molar-refractivity contribution is -0.235. The van der Waals surface area contributed by atoms with Crippen LogP contribution in [0.3, 0.4) is 0 Å². The molecule has 3 N–H and O–H groups in total. The number of aliphatic hydroxyl groups is 2. The third-order valence-corrected chi connectivity index (χ3v) is 16.0. The molecule has 2 heterocycles. The number of alkyl halides is 2. The highest BCUT2D eigenvalue weighted by Crippen LogP contribution is 2.72. The summed E-state index contributed by atoms with van der Waals surface area (Å²) in [7, 11) is 0. The summed E-state index contributed by atoms with van der Waals surface area (Å²) in [5, 5.41) is 25.1. The Hall–Kier alpha value is -4.34. The molecule has 0 spiro atoms. The van der Waals surface area contributed by atoms with E-state index < -0.39 is 76.8 Å². The molecule has 4 saturated carbocycles. The zero-order valence-corrected chi connectivity index (χ0v) is 34.2. The fourth-order valence-corrected chi connectivity index (χ4v) is 12.8. The Labute approximate surface area is 350 Å². The number of carbonyl (C=O) groups is 5. The number of ketones is 2. The minimum absolute atomic E-state index is 0.0161. The van der Waals surface area contributed by atoms with Crippen LogP contribution in [0.2, 0.25) is 0 Å². The molecule has 2 aromatic rings. The highest BCUT2D eigenvalue weighted by molar-refractivity contribution is 7.99. The number of anilines is 1. The van der Waals surface area contributed by atoms with Gasteiger partial charge < -0.3 is 25.0 Å². The lowest BCUT2D eigenvalue weighted by Gasteiger charge is -2.63. The molecule has 14 heteroatoms. The van der Waals surface area contributed by atoms with Gasteiger partial charge in [0.1, 0.15) is 12.8 Å². The highest BCUT2D eigenvalue weighted by atomic mass is 32.2. The Bertz CT molecular complexity index is 2220. The van der Waals surface area contributed by atoms with Crippen LogP contribution < -0.4 is 5.32 Å². The van der Waals surface area contributed by atoms with Crippen molar-refractivity contribution in [3.63, 3.8) is 0 Å². The largest absolute Gasteiger partial charge is 0.390 e. The van der Waals surface area contributed by atoms with Crippen molar-refractivity contribution in [2.45, 2.75) is 105 Å². The summed E-state index contributed by atoms with van der Waals surface area (Å²) in [6, 6.07) is 14.9. The van der Waals surface area contributed by atoms with Gasteiger partial charge in [0.2, 0.25) is 5.91 Å². The molecule has 0 aromatic heterocycles. The van der Waals surface area contributed by atoms with E-state index in [9.17, 15) is 34.2 Å². The number of hydrogen-bond acceptors (Lipinski definition) is 10. The number of fused-ring (bicyclic) bond motifs is 7. The van der Waals surface area contributed by atoms with Crippen molar-refractivity contribution in [1.82, 2.24) is 4.90 Å². The molecule has 1 saturated heterocycles. The van der Waals surface area contributed by atoms with Crippen LogP contribution in [0, 0.1) is 34.5 Å². The first-order valence-corrected chi connectivity index (χ1v) is 21.6. The van der Waals surface area contributed by atoms with E-state index in [0.29, 0.717) is 30.6 Å². The minimum atomic E-state index is -2.33. The number of nitrogens with zero attached hydrogens (tertiary/aromatic N) is 1. The molecule has 5 aliphatic carbocycles. The average molecular weight is 843 g/mol. The Morgan fingerprint density at radius 2 is 1.67 bits per heavy atom. The van der Waals surface area contributed by atoms with Crippen molar-refractivity contribution in [2.24, 2.45) is 34.5 Å². The number of nitrogens with one attached hydrogen (secondary N) is 1. The number of hydrogen-bond donors (Lipinski definition) is 3. The predicted molar refractivity (Wildman–Crippen MR) is 214 cm³/mol. The number of ether oxygens (including phenoxy) is 2. The summed E-state index contributed by atoms with van der Waals surface area (Å²) in [4.78, 5) is 66.3. The quantitative estimate of drug-likeness (QED) is 0.250. The second kappa shape index (κ2) is 14.9. The summed E-state index contributed by atoms with van der Waals surface area (Å²) in [5.74, 6) is -3.38. The van der Waals surface area contributed by atoms with Crippen molar-refractivity contribution in [3.05, 3.63) is 90.0 Å². The van der Waals surface area contributed by atoms with Crippen molar-refractivity contribution in [3.8, 4) is 0 Å². The summed E-state index contributed by atoms with van der Waals surface area (Å²) < 4.78 is 46.8. The van der Waals surface area contributed by atoms with Gasteiger partial charge in [-0.25, -0.2) is 8.78 Å². The first kappa shape index (κ1) is 41.0. The molecule has 7 aliphatic rings. The molecule has 0 bridgehead atoms. The van der Waals surface area contributed by atoms with Gasteiger partial charge in [-0.05, 0) is 112 Å². The monoisotopic (exact) mass is 842 g/mol. The van der Waals surface area contributed by atoms with E-state index >= 15 is 8.78 Å². The minimum Gasteiger partial charge on any atom is -0.390 e. The van der Waals surface area contributed by atoms with Gasteiger partial charge in [0.15, 0.2) is 29.1 Å². The van der Waals surface area contributed by atoms with Gasteiger partial charge in [-0.3, -0.25) is 28.9 Å². The van der Waals surface area contributed by atoms with E-state index in [-0.39, 0.29) is 54.4 Å². The molecule has 9 rings (SSSR count). The molecular formula is C46H48F2N2O9S. The van der Waals surface area contributed by atoms with E-state index in [1.807, 2.05) is 48.5 Å². The van der Waals surface area contributed by atoms with Crippen LogP contribution in [0.15, 0.2) is 94.3 Å². The van der Waals surface area contributed by atoms with Crippen molar-refractivity contribution < 1.29 is 52.4 Å². The van der Waals surface area contributed by atoms with E-state index in [1.165, 1.54) is 47.9 Å². The molecule has 0 unspecified atom stereocenters. The number of aliphatic hydroxyl groups excluding tert-OH is 2. The first-order valence-electron chi connectivity index (χ1n) is 20.8. The van der Waals surface area contributed by atoms with E-state index in [1.54, 1.807) is 6.92 Å².